The second-order valence-electron chi connectivity index (χ2n) is 5.19. The smallest absolute Gasteiger partial charge is 0.331 e. The van der Waals surface area contributed by atoms with Crippen LogP contribution in [0.5, 0.6) is 17.2 Å². The molecule has 4 nitrogen and oxygen atoms in total. The lowest BCUT2D eigenvalue weighted by Crippen LogP contribution is -2.29. The van der Waals surface area contributed by atoms with Gasteiger partial charge in [0.15, 0.2) is 16.9 Å². The van der Waals surface area contributed by atoms with Crippen LogP contribution < -0.4 is 9.47 Å². The average Bonchev–Trinajstić information content (AvgIpc) is 2.57. The number of nitrogens with zero attached hydrogens (tertiary/aromatic N) is 1. The molecule has 0 amide bonds. The summed E-state index contributed by atoms with van der Waals surface area (Å²) in [5, 5.41) is 9.18. The first-order chi connectivity index (χ1) is 11.0. The molecule has 0 saturated heterocycles. The van der Waals surface area contributed by atoms with Gasteiger partial charge in [-0.2, -0.15) is 5.26 Å². The van der Waals surface area contributed by atoms with Crippen molar-refractivity contribution in [1.29, 1.82) is 5.26 Å². The number of nitriles is 1. The Morgan fingerprint density at radius 3 is 2.35 bits per heavy atom. The zero-order valence-corrected chi connectivity index (χ0v) is 14.5. The average molecular weight is 374 g/mol. The molecule has 0 bridgehead atoms. The topological polar surface area (TPSA) is 59.3 Å². The predicted octanol–water partition coefficient (Wildman–Crippen LogP) is 5.09. The fraction of sp³-hybridized carbons (Fsp3) is 0.222. The summed E-state index contributed by atoms with van der Waals surface area (Å²) in [6.07, 6.45) is 0.373. The third-order valence-electron chi connectivity index (χ3n) is 3.50. The van der Waals surface area contributed by atoms with E-state index in [0.29, 0.717) is 17.9 Å². The highest BCUT2D eigenvalue weighted by molar-refractivity contribution is 9.10. The van der Waals surface area contributed by atoms with E-state index in [9.17, 15) is 10.1 Å². The van der Waals surface area contributed by atoms with Crippen LogP contribution >= 0.6 is 15.9 Å². The molecule has 5 heteroatoms. The summed E-state index contributed by atoms with van der Waals surface area (Å²) in [6.45, 7) is 3.34. The summed E-state index contributed by atoms with van der Waals surface area (Å²) in [7, 11) is 0. The molecule has 1 unspecified atom stereocenters. The van der Waals surface area contributed by atoms with Crippen molar-refractivity contribution in [2.75, 3.05) is 0 Å². The highest BCUT2D eigenvalue weighted by Gasteiger charge is 2.34. The number of esters is 1. The standard InChI is InChI=1S/C18H16BrNO3/c1-3-18(2,12-20)17(21)23-16-7-5-4-6-15(16)22-14-10-8-13(19)9-11-14/h4-11H,3H2,1-2H3. The normalized spacial score (nSPS) is 12.8. The number of rotatable bonds is 5. The van der Waals surface area contributed by atoms with E-state index in [2.05, 4.69) is 15.9 Å². The number of benzene rings is 2. The SMILES string of the molecule is CCC(C)(C#N)C(=O)Oc1ccccc1Oc1ccc(Br)cc1. The molecule has 0 fully saturated rings. The molecule has 2 aromatic rings. The number of halogens is 1. The quantitative estimate of drug-likeness (QED) is 0.541. The second-order valence-corrected chi connectivity index (χ2v) is 6.11. The van der Waals surface area contributed by atoms with Crippen molar-refractivity contribution >= 4 is 21.9 Å². The van der Waals surface area contributed by atoms with Gasteiger partial charge in [-0.25, -0.2) is 4.79 Å². The predicted molar refractivity (Wildman–Crippen MR) is 90.3 cm³/mol. The van der Waals surface area contributed by atoms with Crippen LogP contribution in [0, 0.1) is 16.7 Å². The molecule has 0 spiro atoms. The number of hydrogen-bond acceptors (Lipinski definition) is 4. The van der Waals surface area contributed by atoms with Crippen molar-refractivity contribution in [2.24, 2.45) is 5.41 Å². The van der Waals surface area contributed by atoms with Crippen LogP contribution in [-0.4, -0.2) is 5.97 Å². The summed E-state index contributed by atoms with van der Waals surface area (Å²) in [5.74, 6) is 0.736. The third kappa shape index (κ3) is 4.11. The molecule has 0 aliphatic heterocycles. The van der Waals surface area contributed by atoms with Crippen molar-refractivity contribution in [2.45, 2.75) is 20.3 Å². The Bertz CT molecular complexity index is 737. The van der Waals surface area contributed by atoms with Crippen molar-refractivity contribution in [3.05, 3.63) is 53.0 Å². The fourth-order valence-electron chi connectivity index (χ4n) is 1.73. The first-order valence-electron chi connectivity index (χ1n) is 7.14. The summed E-state index contributed by atoms with van der Waals surface area (Å²) < 4.78 is 12.1. The summed E-state index contributed by atoms with van der Waals surface area (Å²) >= 11 is 3.36. The molecule has 0 radical (unpaired) electrons. The van der Waals surface area contributed by atoms with Crippen molar-refractivity contribution < 1.29 is 14.3 Å². The van der Waals surface area contributed by atoms with Crippen LogP contribution in [0.3, 0.4) is 0 Å². The lowest BCUT2D eigenvalue weighted by Gasteiger charge is -2.18. The maximum atomic E-state index is 12.2. The lowest BCUT2D eigenvalue weighted by molar-refractivity contribution is -0.142. The van der Waals surface area contributed by atoms with Crippen molar-refractivity contribution in [1.82, 2.24) is 0 Å². The van der Waals surface area contributed by atoms with E-state index >= 15 is 0 Å². The highest BCUT2D eigenvalue weighted by atomic mass is 79.9. The molecule has 0 aromatic heterocycles. The number of hydrogen-bond donors (Lipinski definition) is 0. The van der Waals surface area contributed by atoms with E-state index in [1.54, 1.807) is 50.2 Å². The van der Waals surface area contributed by atoms with Crippen molar-refractivity contribution in [3.63, 3.8) is 0 Å². The molecule has 0 heterocycles. The lowest BCUT2D eigenvalue weighted by atomic mass is 9.90. The van der Waals surface area contributed by atoms with Gasteiger partial charge < -0.3 is 9.47 Å². The Morgan fingerprint density at radius 1 is 1.17 bits per heavy atom. The number of ether oxygens (including phenoxy) is 2. The molecular formula is C18H16BrNO3. The van der Waals surface area contributed by atoms with Gasteiger partial charge in [0, 0.05) is 4.47 Å². The molecule has 2 aromatic carbocycles. The Hall–Kier alpha value is -2.32. The maximum absolute atomic E-state index is 12.2. The monoisotopic (exact) mass is 373 g/mol. The fourth-order valence-corrected chi connectivity index (χ4v) is 1.99. The summed E-state index contributed by atoms with van der Waals surface area (Å²) in [4.78, 5) is 12.2. The van der Waals surface area contributed by atoms with Crippen LogP contribution in [-0.2, 0) is 4.79 Å². The van der Waals surface area contributed by atoms with E-state index in [4.69, 9.17) is 9.47 Å². The van der Waals surface area contributed by atoms with E-state index in [1.807, 2.05) is 18.2 Å². The summed E-state index contributed by atoms with van der Waals surface area (Å²) in [5.41, 5.74) is -1.18. The Kier molecular flexibility index (Phi) is 5.41. The zero-order valence-electron chi connectivity index (χ0n) is 12.9. The van der Waals surface area contributed by atoms with Gasteiger partial charge in [-0.1, -0.05) is 35.0 Å². The van der Waals surface area contributed by atoms with Crippen LogP contribution in [0.4, 0.5) is 0 Å². The van der Waals surface area contributed by atoms with Crippen molar-refractivity contribution in [3.8, 4) is 23.3 Å². The van der Waals surface area contributed by atoms with Crippen LogP contribution in [0.1, 0.15) is 20.3 Å². The van der Waals surface area contributed by atoms with E-state index in [0.717, 1.165) is 4.47 Å². The minimum Gasteiger partial charge on any atom is -0.453 e. The van der Waals surface area contributed by atoms with E-state index in [1.165, 1.54) is 0 Å². The molecule has 0 aliphatic carbocycles. The van der Waals surface area contributed by atoms with Gasteiger partial charge in [0.05, 0.1) is 6.07 Å². The Balaban J connectivity index is 2.23. The Labute approximate surface area is 143 Å². The van der Waals surface area contributed by atoms with E-state index < -0.39 is 11.4 Å². The second kappa shape index (κ2) is 7.30. The number of para-hydroxylation sites is 2. The zero-order chi connectivity index (χ0) is 16.9. The van der Waals surface area contributed by atoms with Crippen LogP contribution in [0.25, 0.3) is 0 Å². The molecule has 0 saturated carbocycles. The first-order valence-corrected chi connectivity index (χ1v) is 7.94. The molecule has 23 heavy (non-hydrogen) atoms. The molecule has 1 atom stereocenters. The molecular weight excluding hydrogens is 358 g/mol. The van der Waals surface area contributed by atoms with E-state index in [-0.39, 0.29) is 5.75 Å². The largest absolute Gasteiger partial charge is 0.453 e. The minimum absolute atomic E-state index is 0.287. The molecule has 0 N–H and O–H groups in total. The molecule has 2 rings (SSSR count). The van der Waals surface area contributed by atoms with Gasteiger partial charge in [0.2, 0.25) is 0 Å². The number of carbonyl (C=O) groups excluding carboxylic acids is 1. The summed E-state index contributed by atoms with van der Waals surface area (Å²) in [6, 6.07) is 16.2. The van der Waals surface area contributed by atoms with Crippen LogP contribution in [0.2, 0.25) is 0 Å². The van der Waals surface area contributed by atoms with Gasteiger partial charge in [0.25, 0.3) is 0 Å². The Morgan fingerprint density at radius 2 is 1.78 bits per heavy atom. The van der Waals surface area contributed by atoms with Gasteiger partial charge in [0.1, 0.15) is 5.75 Å². The molecule has 0 aliphatic rings. The van der Waals surface area contributed by atoms with Gasteiger partial charge in [-0.05, 0) is 49.7 Å². The van der Waals surface area contributed by atoms with Gasteiger partial charge in [-0.3, -0.25) is 0 Å². The third-order valence-corrected chi connectivity index (χ3v) is 4.03. The van der Waals surface area contributed by atoms with Crippen LogP contribution in [0.15, 0.2) is 53.0 Å². The first kappa shape index (κ1) is 17.0. The molecule has 118 valence electrons. The van der Waals surface area contributed by atoms with Gasteiger partial charge >= 0.3 is 5.97 Å². The highest BCUT2D eigenvalue weighted by Crippen LogP contribution is 2.33. The van der Waals surface area contributed by atoms with Gasteiger partial charge in [-0.15, -0.1) is 0 Å². The maximum Gasteiger partial charge on any atom is 0.331 e. The number of carbonyl (C=O) groups is 1. The minimum atomic E-state index is -1.18.